The summed E-state index contributed by atoms with van der Waals surface area (Å²) in [5.74, 6) is 1.68. The first-order valence-corrected chi connectivity index (χ1v) is 5.68. The van der Waals surface area contributed by atoms with Crippen LogP contribution in [0.2, 0.25) is 0 Å². The molecule has 0 spiro atoms. The average molecular weight is 261 g/mol. The molecule has 1 aromatic carbocycles. The summed E-state index contributed by atoms with van der Waals surface area (Å²) < 4.78 is 15.8. The summed E-state index contributed by atoms with van der Waals surface area (Å²) in [6.45, 7) is 1.03. The highest BCUT2D eigenvalue weighted by Crippen LogP contribution is 2.33. The van der Waals surface area contributed by atoms with E-state index in [2.05, 4.69) is 15.0 Å². The van der Waals surface area contributed by atoms with Gasteiger partial charge in [0.2, 0.25) is 0 Å². The molecule has 2 heterocycles. The number of nitrogens with one attached hydrogen (secondary N) is 1. The molecule has 1 N–H and O–H groups in total. The number of rotatable bonds is 2. The summed E-state index contributed by atoms with van der Waals surface area (Å²) in [5, 5.41) is 0. The van der Waals surface area contributed by atoms with Crippen LogP contribution in [-0.2, 0) is 0 Å². The summed E-state index contributed by atoms with van der Waals surface area (Å²) >= 11 is 0. The first kappa shape index (κ1) is 11.5. The van der Waals surface area contributed by atoms with Crippen LogP contribution in [0.15, 0.2) is 23.0 Å². The number of aromatic nitrogens is 3. The van der Waals surface area contributed by atoms with Crippen LogP contribution in [0.3, 0.4) is 0 Å². The molecule has 2 aromatic rings. The topological polar surface area (TPSA) is 86.3 Å². The number of fused-ring (bicyclic) bond motifs is 1. The Bertz CT molecular complexity index is 668. The number of hydrogen-bond acceptors (Lipinski definition) is 6. The average Bonchev–Trinajstić information content (AvgIpc) is 2.46. The zero-order valence-corrected chi connectivity index (χ0v) is 10.2. The highest BCUT2D eigenvalue weighted by molar-refractivity contribution is 5.61. The van der Waals surface area contributed by atoms with E-state index in [4.69, 9.17) is 14.2 Å². The van der Waals surface area contributed by atoms with E-state index in [-0.39, 0.29) is 6.01 Å². The Morgan fingerprint density at radius 2 is 2.00 bits per heavy atom. The summed E-state index contributed by atoms with van der Waals surface area (Å²) in [5.41, 5.74) is 0.179. The lowest BCUT2D eigenvalue weighted by molar-refractivity contribution is 0.171. The molecule has 7 heteroatoms. The number of aromatic amines is 1. The molecule has 0 radical (unpaired) electrons. The third-order valence-electron chi connectivity index (χ3n) is 2.63. The first-order valence-electron chi connectivity index (χ1n) is 5.68. The van der Waals surface area contributed by atoms with Gasteiger partial charge in [0.15, 0.2) is 11.5 Å². The minimum atomic E-state index is -0.517. The molecule has 0 amide bonds. The maximum atomic E-state index is 11.4. The molecule has 0 fully saturated rings. The molecule has 7 nitrogen and oxygen atoms in total. The van der Waals surface area contributed by atoms with Crippen molar-refractivity contribution < 1.29 is 14.2 Å². The van der Waals surface area contributed by atoms with Crippen molar-refractivity contribution in [1.29, 1.82) is 0 Å². The van der Waals surface area contributed by atoms with Crippen molar-refractivity contribution >= 4 is 0 Å². The minimum Gasteiger partial charge on any atom is -0.486 e. The van der Waals surface area contributed by atoms with Crippen LogP contribution in [0.5, 0.6) is 17.5 Å². The number of nitrogens with zero attached hydrogens (tertiary/aromatic N) is 2. The van der Waals surface area contributed by atoms with Gasteiger partial charge in [-0.2, -0.15) is 4.98 Å². The van der Waals surface area contributed by atoms with Gasteiger partial charge in [-0.1, -0.05) is 0 Å². The van der Waals surface area contributed by atoms with E-state index < -0.39 is 5.69 Å². The Hall–Kier alpha value is -2.57. The van der Waals surface area contributed by atoms with E-state index in [1.807, 2.05) is 0 Å². The maximum Gasteiger partial charge on any atom is 0.351 e. The number of benzene rings is 1. The van der Waals surface area contributed by atoms with Crippen LogP contribution in [0, 0.1) is 0 Å². The molecule has 19 heavy (non-hydrogen) atoms. The van der Waals surface area contributed by atoms with E-state index >= 15 is 0 Å². The van der Waals surface area contributed by atoms with E-state index in [1.54, 1.807) is 18.2 Å². The van der Waals surface area contributed by atoms with E-state index in [0.717, 1.165) is 0 Å². The predicted octanol–water partition coefficient (Wildman–Crippen LogP) is 0.612. The molecule has 3 rings (SSSR count). The highest BCUT2D eigenvalue weighted by Gasteiger charge is 2.14. The smallest absolute Gasteiger partial charge is 0.351 e. The van der Waals surface area contributed by atoms with Crippen molar-refractivity contribution in [1.82, 2.24) is 15.0 Å². The lowest BCUT2D eigenvalue weighted by atomic mass is 10.2. The van der Waals surface area contributed by atoms with Gasteiger partial charge < -0.3 is 14.2 Å². The van der Waals surface area contributed by atoms with E-state index in [1.165, 1.54) is 7.11 Å². The zero-order chi connectivity index (χ0) is 13.2. The normalized spacial score (nSPS) is 13.1. The molecule has 0 unspecified atom stereocenters. The molecule has 1 aliphatic rings. The maximum absolute atomic E-state index is 11.4. The van der Waals surface area contributed by atoms with Crippen LogP contribution < -0.4 is 19.9 Å². The molecule has 0 aliphatic carbocycles. The van der Waals surface area contributed by atoms with Crippen molar-refractivity contribution in [2.24, 2.45) is 0 Å². The molecule has 0 saturated carbocycles. The standard InChI is InChI=1S/C12H11N3O4/c1-17-12-14-10(13-11(16)15-12)7-2-3-8-9(6-7)19-5-4-18-8/h2-3,6H,4-5H2,1H3,(H,13,14,15,16). The van der Waals surface area contributed by atoms with Gasteiger partial charge in [0.05, 0.1) is 7.11 Å². The molecule has 0 bridgehead atoms. The van der Waals surface area contributed by atoms with Crippen LogP contribution in [0.1, 0.15) is 0 Å². The largest absolute Gasteiger partial charge is 0.486 e. The van der Waals surface area contributed by atoms with Crippen LogP contribution >= 0.6 is 0 Å². The Morgan fingerprint density at radius 3 is 2.79 bits per heavy atom. The fourth-order valence-electron chi connectivity index (χ4n) is 1.78. The van der Waals surface area contributed by atoms with E-state index in [9.17, 15) is 4.79 Å². The van der Waals surface area contributed by atoms with Gasteiger partial charge in [0.25, 0.3) is 0 Å². The molecular weight excluding hydrogens is 250 g/mol. The molecule has 1 aliphatic heterocycles. The van der Waals surface area contributed by atoms with Gasteiger partial charge >= 0.3 is 11.7 Å². The summed E-state index contributed by atoms with van der Waals surface area (Å²) in [6, 6.07) is 5.34. The second-order valence-electron chi connectivity index (χ2n) is 3.85. The van der Waals surface area contributed by atoms with Crippen LogP contribution in [-0.4, -0.2) is 35.3 Å². The minimum absolute atomic E-state index is 0.0219. The van der Waals surface area contributed by atoms with Gasteiger partial charge in [-0.3, -0.25) is 4.98 Å². The molecular formula is C12H11N3O4. The Morgan fingerprint density at radius 1 is 1.21 bits per heavy atom. The molecule has 98 valence electrons. The first-order chi connectivity index (χ1) is 9.26. The summed E-state index contributed by atoms with van der Waals surface area (Å²) in [7, 11) is 1.41. The second kappa shape index (κ2) is 4.60. The van der Waals surface area contributed by atoms with Crippen molar-refractivity contribution in [2.75, 3.05) is 20.3 Å². The Balaban J connectivity index is 2.06. The van der Waals surface area contributed by atoms with Gasteiger partial charge in [-0.25, -0.2) is 4.79 Å². The van der Waals surface area contributed by atoms with Crippen molar-refractivity contribution in [3.8, 4) is 28.9 Å². The van der Waals surface area contributed by atoms with Crippen LogP contribution in [0.25, 0.3) is 11.4 Å². The monoisotopic (exact) mass is 261 g/mol. The van der Waals surface area contributed by atoms with Gasteiger partial charge in [-0.05, 0) is 18.2 Å². The molecule has 0 atom stereocenters. The summed E-state index contributed by atoms with van der Waals surface area (Å²) in [4.78, 5) is 21.6. The number of H-pyrrole nitrogens is 1. The number of hydrogen-bond donors (Lipinski definition) is 1. The second-order valence-corrected chi connectivity index (χ2v) is 3.85. The third kappa shape index (κ3) is 2.22. The fraction of sp³-hybridized carbons (Fsp3) is 0.250. The zero-order valence-electron chi connectivity index (χ0n) is 10.2. The van der Waals surface area contributed by atoms with Crippen molar-refractivity contribution in [3.05, 3.63) is 28.7 Å². The number of methoxy groups -OCH3 is 1. The highest BCUT2D eigenvalue weighted by atomic mass is 16.6. The third-order valence-corrected chi connectivity index (χ3v) is 2.63. The van der Waals surface area contributed by atoms with Crippen molar-refractivity contribution in [3.63, 3.8) is 0 Å². The SMILES string of the molecule is COc1nc(-c2ccc3c(c2)OCCO3)[nH]c(=O)n1. The van der Waals surface area contributed by atoms with Gasteiger partial charge in [0.1, 0.15) is 19.0 Å². The van der Waals surface area contributed by atoms with Crippen LogP contribution in [0.4, 0.5) is 0 Å². The quantitative estimate of drug-likeness (QED) is 0.852. The van der Waals surface area contributed by atoms with Crippen molar-refractivity contribution in [2.45, 2.75) is 0 Å². The fourth-order valence-corrected chi connectivity index (χ4v) is 1.78. The Kier molecular flexibility index (Phi) is 2.79. The summed E-state index contributed by atoms with van der Waals surface area (Å²) in [6.07, 6.45) is 0. The Labute approximate surface area is 108 Å². The number of ether oxygens (including phenoxy) is 3. The lowest BCUT2D eigenvalue weighted by Crippen LogP contribution is -2.16. The van der Waals surface area contributed by atoms with Gasteiger partial charge in [-0.15, -0.1) is 4.98 Å². The molecule has 1 aromatic heterocycles. The molecule has 0 saturated heterocycles. The lowest BCUT2D eigenvalue weighted by Gasteiger charge is -2.18. The van der Waals surface area contributed by atoms with E-state index in [0.29, 0.717) is 36.1 Å². The predicted molar refractivity (Wildman–Crippen MR) is 65.6 cm³/mol. The van der Waals surface area contributed by atoms with Gasteiger partial charge in [0, 0.05) is 5.56 Å².